The van der Waals surface area contributed by atoms with Gasteiger partial charge in [0, 0.05) is 30.1 Å². The second-order valence-electron chi connectivity index (χ2n) is 4.24. The Morgan fingerprint density at radius 2 is 2.05 bits per heavy atom. The molecule has 0 saturated carbocycles. The second kappa shape index (κ2) is 4.24. The molecular weight excluding hydrogens is 242 g/mol. The fourth-order valence-corrected chi connectivity index (χ4v) is 2.02. The molecule has 2 heterocycles. The fourth-order valence-electron chi connectivity index (χ4n) is 2.02. The second-order valence-corrected chi connectivity index (χ2v) is 4.24. The van der Waals surface area contributed by atoms with Gasteiger partial charge in [-0.05, 0) is 19.1 Å². The minimum Gasteiger partial charge on any atom is -0.388 e. The van der Waals surface area contributed by atoms with Crippen molar-refractivity contribution in [3.8, 4) is 11.4 Å². The first-order valence-corrected chi connectivity index (χ1v) is 5.92. The van der Waals surface area contributed by atoms with Crippen LogP contribution in [0.25, 0.3) is 17.2 Å². The summed E-state index contributed by atoms with van der Waals surface area (Å²) in [5.41, 5.74) is 2.33. The lowest BCUT2D eigenvalue weighted by Crippen LogP contribution is -2.14. The molecule has 0 unspecified atom stereocenters. The van der Waals surface area contributed by atoms with Crippen LogP contribution in [0.5, 0.6) is 0 Å². The van der Waals surface area contributed by atoms with Gasteiger partial charge in [0.1, 0.15) is 0 Å². The van der Waals surface area contributed by atoms with Gasteiger partial charge in [-0.1, -0.05) is 12.1 Å². The lowest BCUT2D eigenvalue weighted by atomic mass is 10.1. The quantitative estimate of drug-likeness (QED) is 0.726. The van der Waals surface area contributed by atoms with E-state index in [0.717, 1.165) is 11.3 Å². The Balaban J connectivity index is 2.26. The van der Waals surface area contributed by atoms with Crippen LogP contribution in [-0.4, -0.2) is 26.6 Å². The van der Waals surface area contributed by atoms with Crippen LogP contribution >= 0.6 is 0 Å². The Hall–Kier alpha value is -2.63. The van der Waals surface area contributed by atoms with E-state index in [1.165, 1.54) is 10.6 Å². The Kier molecular flexibility index (Phi) is 2.56. The number of aryl methyl sites for hydroxylation is 1. The summed E-state index contributed by atoms with van der Waals surface area (Å²) < 4.78 is 1.34. The highest BCUT2D eigenvalue weighted by Gasteiger charge is 2.10. The number of anilines is 1. The third-order valence-corrected chi connectivity index (χ3v) is 2.91. The van der Waals surface area contributed by atoms with Gasteiger partial charge >= 0.3 is 0 Å². The maximum atomic E-state index is 11.8. The van der Waals surface area contributed by atoms with E-state index in [1.54, 1.807) is 6.92 Å². The molecule has 3 aromatic rings. The minimum atomic E-state index is -0.164. The fraction of sp³-hybridized carbons (Fsp3) is 0.154. The summed E-state index contributed by atoms with van der Waals surface area (Å²) in [6.45, 7) is 1.78. The van der Waals surface area contributed by atoms with Gasteiger partial charge in [-0.15, -0.1) is 0 Å². The molecule has 0 aliphatic heterocycles. The first-order chi connectivity index (χ1) is 9.19. The lowest BCUT2D eigenvalue weighted by Gasteiger charge is -2.04. The molecule has 96 valence electrons. The van der Waals surface area contributed by atoms with Crippen LogP contribution in [0.1, 0.15) is 5.69 Å². The number of hydrogen-bond acceptors (Lipinski definition) is 4. The molecule has 2 aromatic heterocycles. The van der Waals surface area contributed by atoms with Crippen LogP contribution in [0.15, 0.2) is 35.1 Å². The standard InChI is InChI=1S/C13H13N5O/c1-8-7-11(19)18-13(15-8)16-12(17-18)9-5-3-4-6-10(9)14-2/h3-7,14H,1-2H3,(H,15,16,17). The van der Waals surface area contributed by atoms with Crippen molar-refractivity contribution in [2.45, 2.75) is 6.92 Å². The number of aromatic amines is 1. The molecule has 0 fully saturated rings. The minimum absolute atomic E-state index is 0.164. The summed E-state index contributed by atoms with van der Waals surface area (Å²) in [4.78, 5) is 20.4. The van der Waals surface area contributed by atoms with Gasteiger partial charge in [0.25, 0.3) is 11.3 Å². The van der Waals surface area contributed by atoms with E-state index in [9.17, 15) is 4.79 Å². The monoisotopic (exact) mass is 255 g/mol. The zero-order valence-electron chi connectivity index (χ0n) is 10.6. The van der Waals surface area contributed by atoms with Crippen molar-refractivity contribution in [3.05, 3.63) is 46.4 Å². The summed E-state index contributed by atoms with van der Waals surface area (Å²) in [7, 11) is 1.84. The zero-order valence-corrected chi connectivity index (χ0v) is 10.6. The van der Waals surface area contributed by atoms with E-state index < -0.39 is 0 Å². The Morgan fingerprint density at radius 3 is 2.84 bits per heavy atom. The first kappa shape index (κ1) is 11.5. The molecule has 0 radical (unpaired) electrons. The summed E-state index contributed by atoms with van der Waals surface area (Å²) >= 11 is 0. The Morgan fingerprint density at radius 1 is 1.26 bits per heavy atom. The molecule has 0 amide bonds. The van der Waals surface area contributed by atoms with Gasteiger partial charge in [0.15, 0.2) is 5.82 Å². The third-order valence-electron chi connectivity index (χ3n) is 2.91. The summed E-state index contributed by atoms with van der Waals surface area (Å²) in [6, 6.07) is 9.21. The smallest absolute Gasteiger partial charge is 0.274 e. The summed E-state index contributed by atoms with van der Waals surface area (Å²) in [6.07, 6.45) is 0. The van der Waals surface area contributed by atoms with Gasteiger partial charge < -0.3 is 5.32 Å². The number of hydrogen-bond donors (Lipinski definition) is 2. The Bertz CT molecular complexity index is 802. The van der Waals surface area contributed by atoms with Gasteiger partial charge in [-0.2, -0.15) is 9.50 Å². The van der Waals surface area contributed by atoms with Crippen molar-refractivity contribution in [1.82, 2.24) is 19.6 Å². The van der Waals surface area contributed by atoms with E-state index in [1.807, 2.05) is 31.3 Å². The number of nitrogens with zero attached hydrogens (tertiary/aromatic N) is 3. The molecule has 0 atom stereocenters. The van der Waals surface area contributed by atoms with E-state index >= 15 is 0 Å². The van der Waals surface area contributed by atoms with Crippen molar-refractivity contribution >= 4 is 11.5 Å². The Labute approximate surface area is 109 Å². The molecule has 3 rings (SSSR count). The van der Waals surface area contributed by atoms with Crippen LogP contribution < -0.4 is 10.9 Å². The molecule has 6 nitrogen and oxygen atoms in total. The predicted molar refractivity (Wildman–Crippen MR) is 73.3 cm³/mol. The van der Waals surface area contributed by atoms with E-state index in [4.69, 9.17) is 0 Å². The summed E-state index contributed by atoms with van der Waals surface area (Å²) in [5.74, 6) is 0.992. The molecule has 0 aliphatic rings. The molecule has 0 bridgehead atoms. The largest absolute Gasteiger partial charge is 0.388 e. The van der Waals surface area contributed by atoms with E-state index in [-0.39, 0.29) is 5.56 Å². The molecule has 6 heteroatoms. The third kappa shape index (κ3) is 1.87. The highest BCUT2D eigenvalue weighted by molar-refractivity contribution is 5.73. The number of aromatic nitrogens is 4. The maximum absolute atomic E-state index is 11.8. The number of rotatable bonds is 2. The van der Waals surface area contributed by atoms with Crippen molar-refractivity contribution in [2.75, 3.05) is 12.4 Å². The summed E-state index contributed by atoms with van der Waals surface area (Å²) in [5, 5.41) is 6.07. The van der Waals surface area contributed by atoms with Crippen molar-refractivity contribution < 1.29 is 0 Å². The average molecular weight is 255 g/mol. The number of benzene rings is 1. The SMILES string of the molecule is CNc1ccccc1-c1nc2nc(C)cc(=O)n2[nH]1. The zero-order chi connectivity index (χ0) is 13.4. The first-order valence-electron chi connectivity index (χ1n) is 5.92. The molecule has 0 spiro atoms. The van der Waals surface area contributed by atoms with Gasteiger partial charge in [0.05, 0.1) is 0 Å². The van der Waals surface area contributed by atoms with Crippen LogP contribution in [0, 0.1) is 6.92 Å². The average Bonchev–Trinajstić information content (AvgIpc) is 2.82. The highest BCUT2D eigenvalue weighted by atomic mass is 16.1. The van der Waals surface area contributed by atoms with Crippen LogP contribution in [0.3, 0.4) is 0 Å². The van der Waals surface area contributed by atoms with Gasteiger partial charge in [0.2, 0.25) is 0 Å². The maximum Gasteiger partial charge on any atom is 0.274 e. The molecule has 19 heavy (non-hydrogen) atoms. The van der Waals surface area contributed by atoms with Crippen molar-refractivity contribution in [3.63, 3.8) is 0 Å². The van der Waals surface area contributed by atoms with Crippen molar-refractivity contribution in [1.29, 1.82) is 0 Å². The van der Waals surface area contributed by atoms with Crippen molar-refractivity contribution in [2.24, 2.45) is 0 Å². The van der Waals surface area contributed by atoms with Gasteiger partial charge in [-0.3, -0.25) is 9.89 Å². The highest BCUT2D eigenvalue weighted by Crippen LogP contribution is 2.24. The number of para-hydroxylation sites is 1. The lowest BCUT2D eigenvalue weighted by molar-refractivity contribution is 0.892. The molecule has 1 aromatic carbocycles. The molecule has 0 saturated heterocycles. The molecular formula is C13H13N5O. The molecule has 2 N–H and O–H groups in total. The van der Waals surface area contributed by atoms with Crippen LogP contribution in [-0.2, 0) is 0 Å². The van der Waals surface area contributed by atoms with E-state index in [0.29, 0.717) is 17.3 Å². The van der Waals surface area contributed by atoms with Gasteiger partial charge in [-0.25, -0.2) is 4.98 Å². The normalized spacial score (nSPS) is 10.8. The predicted octanol–water partition coefficient (Wildman–Crippen LogP) is 1.43. The number of fused-ring (bicyclic) bond motifs is 1. The van der Waals surface area contributed by atoms with E-state index in [2.05, 4.69) is 20.4 Å². The topological polar surface area (TPSA) is 75.1 Å². The molecule has 0 aliphatic carbocycles. The number of nitrogens with one attached hydrogen (secondary N) is 2. The number of H-pyrrole nitrogens is 1. The van der Waals surface area contributed by atoms with Crippen LogP contribution in [0.4, 0.5) is 5.69 Å². The van der Waals surface area contributed by atoms with Crippen LogP contribution in [0.2, 0.25) is 0 Å².